The second-order valence-electron chi connectivity index (χ2n) is 5.22. The van der Waals surface area contributed by atoms with Crippen molar-refractivity contribution in [2.24, 2.45) is 5.10 Å². The monoisotopic (exact) mass is 358 g/mol. The van der Waals surface area contributed by atoms with Crippen LogP contribution in [0.1, 0.15) is 27.9 Å². The molecule has 0 aliphatic carbocycles. The molecule has 0 radical (unpaired) electrons. The molecule has 0 saturated carbocycles. The Hall–Kier alpha value is -2.44. The van der Waals surface area contributed by atoms with Crippen molar-refractivity contribution in [2.75, 3.05) is 0 Å². The first-order chi connectivity index (χ1) is 11.5. The van der Waals surface area contributed by atoms with Crippen molar-refractivity contribution in [3.05, 3.63) is 63.6 Å². The first-order valence-electron chi connectivity index (χ1n) is 7.26. The Morgan fingerprint density at radius 2 is 2.00 bits per heavy atom. The molecule has 2 aromatic heterocycles. The van der Waals surface area contributed by atoms with Crippen LogP contribution >= 0.6 is 22.9 Å². The Labute approximate surface area is 148 Å². The molecule has 3 aromatic rings. The summed E-state index contributed by atoms with van der Waals surface area (Å²) in [6.07, 6.45) is 0. The predicted molar refractivity (Wildman–Crippen MR) is 97.8 cm³/mol. The van der Waals surface area contributed by atoms with Crippen molar-refractivity contribution in [2.45, 2.75) is 13.8 Å². The van der Waals surface area contributed by atoms with E-state index in [-0.39, 0.29) is 5.91 Å². The van der Waals surface area contributed by atoms with E-state index in [0.717, 1.165) is 16.1 Å². The predicted octanol–water partition coefficient (Wildman–Crippen LogP) is 4.25. The van der Waals surface area contributed by atoms with Crippen LogP contribution in [0.3, 0.4) is 0 Å². The number of aryl methyl sites for hydroxylation is 1. The van der Waals surface area contributed by atoms with E-state index < -0.39 is 0 Å². The fourth-order valence-corrected chi connectivity index (χ4v) is 3.05. The number of rotatable bonds is 4. The highest BCUT2D eigenvalue weighted by Crippen LogP contribution is 2.26. The van der Waals surface area contributed by atoms with Crippen LogP contribution in [-0.2, 0) is 0 Å². The van der Waals surface area contributed by atoms with Crippen molar-refractivity contribution in [3.63, 3.8) is 0 Å². The first kappa shape index (κ1) is 16.4. The molecule has 2 heterocycles. The van der Waals surface area contributed by atoms with Crippen LogP contribution in [0, 0.1) is 6.92 Å². The fraction of sp³-hybridized carbons (Fsp3) is 0.118. The summed E-state index contributed by atoms with van der Waals surface area (Å²) < 4.78 is 0. The van der Waals surface area contributed by atoms with Gasteiger partial charge < -0.3 is 0 Å². The average molecular weight is 359 g/mol. The van der Waals surface area contributed by atoms with Gasteiger partial charge in [-0.25, -0.2) is 5.43 Å². The van der Waals surface area contributed by atoms with E-state index in [9.17, 15) is 4.79 Å². The summed E-state index contributed by atoms with van der Waals surface area (Å²) in [7, 11) is 0. The SMILES string of the molecule is C/C(=N/NC(=O)c1cc(-c2ccc(C)s2)[nH]n1)c1ccc(Cl)cc1. The second kappa shape index (κ2) is 6.98. The van der Waals surface area contributed by atoms with Gasteiger partial charge >= 0.3 is 0 Å². The number of aromatic amines is 1. The number of nitrogens with one attached hydrogen (secondary N) is 2. The van der Waals surface area contributed by atoms with Gasteiger partial charge in [-0.2, -0.15) is 10.2 Å². The van der Waals surface area contributed by atoms with Crippen molar-refractivity contribution in [1.29, 1.82) is 0 Å². The lowest BCUT2D eigenvalue weighted by Gasteiger charge is -2.01. The number of aromatic nitrogens is 2. The zero-order valence-electron chi connectivity index (χ0n) is 13.1. The zero-order valence-corrected chi connectivity index (χ0v) is 14.7. The maximum absolute atomic E-state index is 12.2. The summed E-state index contributed by atoms with van der Waals surface area (Å²) in [6, 6.07) is 13.0. The summed E-state index contributed by atoms with van der Waals surface area (Å²) in [5.74, 6) is -0.362. The first-order valence-corrected chi connectivity index (χ1v) is 8.45. The number of hydrogen-bond donors (Lipinski definition) is 2. The highest BCUT2D eigenvalue weighted by molar-refractivity contribution is 7.15. The number of carbonyl (C=O) groups excluding carboxylic acids is 1. The molecule has 24 heavy (non-hydrogen) atoms. The van der Waals surface area contributed by atoms with Gasteiger partial charge in [0, 0.05) is 9.90 Å². The average Bonchev–Trinajstić information content (AvgIpc) is 3.22. The lowest BCUT2D eigenvalue weighted by Crippen LogP contribution is -2.19. The molecule has 0 saturated heterocycles. The molecule has 3 rings (SSSR count). The van der Waals surface area contributed by atoms with E-state index in [1.807, 2.05) is 38.1 Å². The van der Waals surface area contributed by atoms with Crippen molar-refractivity contribution < 1.29 is 4.79 Å². The molecule has 0 fully saturated rings. The standard InChI is InChI=1S/C17H15ClN4OS/c1-10-3-8-16(24-10)14-9-15(21-20-14)17(23)22-19-11(2)12-4-6-13(18)7-5-12/h3-9H,1-2H3,(H,20,21)(H,22,23)/b19-11-. The van der Waals surface area contributed by atoms with Gasteiger partial charge in [-0.1, -0.05) is 23.7 Å². The smallest absolute Gasteiger partial charge is 0.276 e. The van der Waals surface area contributed by atoms with Gasteiger partial charge in [-0.05, 0) is 49.7 Å². The van der Waals surface area contributed by atoms with Crippen LogP contribution in [0.15, 0.2) is 47.6 Å². The maximum atomic E-state index is 12.2. The number of carbonyl (C=O) groups is 1. The van der Waals surface area contributed by atoms with E-state index in [1.54, 1.807) is 29.5 Å². The Kier molecular flexibility index (Phi) is 4.78. The van der Waals surface area contributed by atoms with Gasteiger partial charge in [-0.3, -0.25) is 9.89 Å². The van der Waals surface area contributed by atoms with E-state index in [2.05, 4.69) is 20.7 Å². The normalized spacial score (nSPS) is 11.5. The number of H-pyrrole nitrogens is 1. The van der Waals surface area contributed by atoms with Crippen LogP contribution in [0.4, 0.5) is 0 Å². The lowest BCUT2D eigenvalue weighted by atomic mass is 10.1. The van der Waals surface area contributed by atoms with Crippen LogP contribution in [-0.4, -0.2) is 21.8 Å². The van der Waals surface area contributed by atoms with E-state index in [1.165, 1.54) is 4.88 Å². The van der Waals surface area contributed by atoms with Crippen LogP contribution in [0.5, 0.6) is 0 Å². The molecule has 2 N–H and O–H groups in total. The Morgan fingerprint density at radius 3 is 2.67 bits per heavy atom. The van der Waals surface area contributed by atoms with Gasteiger partial charge in [0.15, 0.2) is 5.69 Å². The van der Waals surface area contributed by atoms with Crippen molar-refractivity contribution in [3.8, 4) is 10.6 Å². The highest BCUT2D eigenvalue weighted by Gasteiger charge is 2.12. The number of hydrogen-bond acceptors (Lipinski definition) is 4. The summed E-state index contributed by atoms with van der Waals surface area (Å²) >= 11 is 7.50. The van der Waals surface area contributed by atoms with Crippen molar-refractivity contribution in [1.82, 2.24) is 15.6 Å². The maximum Gasteiger partial charge on any atom is 0.291 e. The fourth-order valence-electron chi connectivity index (χ4n) is 2.09. The molecule has 0 spiro atoms. The van der Waals surface area contributed by atoms with E-state index in [4.69, 9.17) is 11.6 Å². The molecule has 0 atom stereocenters. The molecule has 0 unspecified atom stereocenters. The molecule has 122 valence electrons. The summed E-state index contributed by atoms with van der Waals surface area (Å²) in [6.45, 7) is 3.85. The van der Waals surface area contributed by atoms with Crippen LogP contribution < -0.4 is 5.43 Å². The third-order valence-electron chi connectivity index (χ3n) is 3.40. The largest absolute Gasteiger partial charge is 0.291 e. The van der Waals surface area contributed by atoms with Gasteiger partial charge in [0.05, 0.1) is 16.3 Å². The molecule has 0 bridgehead atoms. The molecular weight excluding hydrogens is 344 g/mol. The molecule has 0 aliphatic heterocycles. The summed E-state index contributed by atoms with van der Waals surface area (Å²) in [4.78, 5) is 14.4. The number of benzene rings is 1. The number of hydrazone groups is 1. The molecule has 1 aromatic carbocycles. The van der Waals surface area contributed by atoms with Gasteiger partial charge in [0.2, 0.25) is 0 Å². The highest BCUT2D eigenvalue weighted by atomic mass is 35.5. The number of amides is 1. The van der Waals surface area contributed by atoms with E-state index in [0.29, 0.717) is 16.4 Å². The lowest BCUT2D eigenvalue weighted by molar-refractivity contribution is 0.0950. The quantitative estimate of drug-likeness (QED) is 0.540. The third kappa shape index (κ3) is 3.72. The minimum Gasteiger partial charge on any atom is -0.276 e. The molecule has 1 amide bonds. The minimum atomic E-state index is -0.362. The Balaban J connectivity index is 1.70. The molecule has 0 aliphatic rings. The van der Waals surface area contributed by atoms with E-state index >= 15 is 0 Å². The van der Waals surface area contributed by atoms with Gasteiger partial charge in [0.25, 0.3) is 5.91 Å². The van der Waals surface area contributed by atoms with Gasteiger partial charge in [-0.15, -0.1) is 11.3 Å². The van der Waals surface area contributed by atoms with Gasteiger partial charge in [0.1, 0.15) is 0 Å². The number of nitrogens with zero attached hydrogens (tertiary/aromatic N) is 2. The van der Waals surface area contributed by atoms with Crippen LogP contribution in [0.25, 0.3) is 10.6 Å². The Morgan fingerprint density at radius 1 is 1.25 bits per heavy atom. The summed E-state index contributed by atoms with van der Waals surface area (Å²) in [5.41, 5.74) is 5.20. The third-order valence-corrected chi connectivity index (χ3v) is 4.69. The summed E-state index contributed by atoms with van der Waals surface area (Å²) in [5, 5.41) is 11.7. The number of thiophene rings is 1. The number of halogens is 1. The topological polar surface area (TPSA) is 70.1 Å². The second-order valence-corrected chi connectivity index (χ2v) is 6.95. The zero-order chi connectivity index (χ0) is 17.1. The molecule has 7 heteroatoms. The Bertz CT molecular complexity index is 895. The molecular formula is C17H15ClN4OS. The van der Waals surface area contributed by atoms with Crippen molar-refractivity contribution >= 4 is 34.6 Å². The van der Waals surface area contributed by atoms with Crippen LogP contribution in [0.2, 0.25) is 5.02 Å². The molecule has 5 nitrogen and oxygen atoms in total. The minimum absolute atomic E-state index is 0.295.